The molecule has 1 aromatic heterocycles. The molecule has 6 heteroatoms. The molecule has 0 aliphatic rings. The Morgan fingerprint density at radius 3 is 2.72 bits per heavy atom. The number of rotatable bonds is 7. The van der Waals surface area contributed by atoms with Gasteiger partial charge in [-0.2, -0.15) is 0 Å². The number of amides is 1. The molecule has 0 bridgehead atoms. The number of benzene rings is 2. The van der Waals surface area contributed by atoms with Crippen LogP contribution in [-0.2, 0) is 17.8 Å². The first-order valence-corrected chi connectivity index (χ1v) is 8.24. The molecular weight excluding hydrogens is 321 g/mol. The number of halogens is 1. The van der Waals surface area contributed by atoms with Crippen LogP contribution in [0.4, 0.5) is 4.39 Å². The average Bonchev–Trinajstić information content (AvgIpc) is 2.98. The number of hydrogen-bond acceptors (Lipinski definition) is 3. The van der Waals surface area contributed by atoms with Gasteiger partial charge >= 0.3 is 0 Å². The third-order valence-electron chi connectivity index (χ3n) is 3.91. The smallest absolute Gasteiger partial charge is 0.251 e. The van der Waals surface area contributed by atoms with Crippen LogP contribution in [0, 0.1) is 5.82 Å². The number of aromatic nitrogens is 2. The van der Waals surface area contributed by atoms with Crippen LogP contribution < -0.4 is 5.32 Å². The molecule has 2 aromatic carbocycles. The summed E-state index contributed by atoms with van der Waals surface area (Å²) in [7, 11) is 0. The van der Waals surface area contributed by atoms with Crippen molar-refractivity contribution < 1.29 is 13.9 Å². The quantitative estimate of drug-likeness (QED) is 0.672. The van der Waals surface area contributed by atoms with E-state index in [4.69, 9.17) is 4.74 Å². The summed E-state index contributed by atoms with van der Waals surface area (Å²) in [6.45, 7) is 4.14. The summed E-state index contributed by atoms with van der Waals surface area (Å²) >= 11 is 0. The van der Waals surface area contributed by atoms with Crippen molar-refractivity contribution in [1.82, 2.24) is 14.9 Å². The van der Waals surface area contributed by atoms with Crippen LogP contribution >= 0.6 is 0 Å². The number of carbonyl (C=O) groups excluding carboxylic acids is 1. The number of ether oxygens (including phenoxy) is 1. The van der Waals surface area contributed by atoms with E-state index in [1.54, 1.807) is 0 Å². The zero-order chi connectivity index (χ0) is 17.6. The summed E-state index contributed by atoms with van der Waals surface area (Å²) in [5.74, 6) is 0.133. The first-order chi connectivity index (χ1) is 12.2. The Morgan fingerprint density at radius 2 is 1.96 bits per heavy atom. The standard InChI is InChI=1S/C19H20FN3O2/c1-2-25-12-11-23-17-6-4-3-5-16(17)22-18(23)13-21-19(24)14-7-9-15(20)10-8-14/h3-10H,2,11-13H2,1H3,(H,21,24). The van der Waals surface area contributed by atoms with Crippen molar-refractivity contribution in [2.75, 3.05) is 13.2 Å². The second-order valence-electron chi connectivity index (χ2n) is 5.55. The number of fused-ring (bicyclic) bond motifs is 1. The average molecular weight is 341 g/mol. The van der Waals surface area contributed by atoms with Gasteiger partial charge in [-0.25, -0.2) is 9.37 Å². The molecule has 3 rings (SSSR count). The van der Waals surface area contributed by atoms with Crippen molar-refractivity contribution in [2.45, 2.75) is 20.0 Å². The van der Waals surface area contributed by atoms with E-state index in [1.807, 2.05) is 31.2 Å². The molecular formula is C19H20FN3O2. The van der Waals surface area contributed by atoms with E-state index in [9.17, 15) is 9.18 Å². The van der Waals surface area contributed by atoms with Crippen molar-refractivity contribution >= 4 is 16.9 Å². The lowest BCUT2D eigenvalue weighted by atomic mass is 10.2. The number of nitrogens with zero attached hydrogens (tertiary/aromatic N) is 2. The molecule has 0 saturated heterocycles. The molecule has 0 fully saturated rings. The molecule has 0 spiro atoms. The number of para-hydroxylation sites is 2. The van der Waals surface area contributed by atoms with E-state index in [0.717, 1.165) is 16.9 Å². The molecule has 1 heterocycles. The van der Waals surface area contributed by atoms with E-state index >= 15 is 0 Å². The maximum absolute atomic E-state index is 13.0. The van der Waals surface area contributed by atoms with Gasteiger partial charge < -0.3 is 14.6 Å². The zero-order valence-electron chi connectivity index (χ0n) is 14.0. The van der Waals surface area contributed by atoms with Crippen LogP contribution in [0.2, 0.25) is 0 Å². The van der Waals surface area contributed by atoms with Crippen LogP contribution in [0.25, 0.3) is 11.0 Å². The lowest BCUT2D eigenvalue weighted by Crippen LogP contribution is -2.25. The minimum Gasteiger partial charge on any atom is -0.380 e. The summed E-state index contributed by atoms with van der Waals surface area (Å²) in [6.07, 6.45) is 0. The first-order valence-electron chi connectivity index (χ1n) is 8.24. The maximum atomic E-state index is 13.0. The zero-order valence-corrected chi connectivity index (χ0v) is 14.0. The van der Waals surface area contributed by atoms with Crippen LogP contribution in [0.5, 0.6) is 0 Å². The lowest BCUT2D eigenvalue weighted by molar-refractivity contribution is 0.0949. The molecule has 0 unspecified atom stereocenters. The Balaban J connectivity index is 1.76. The van der Waals surface area contributed by atoms with Gasteiger partial charge in [0.15, 0.2) is 0 Å². The van der Waals surface area contributed by atoms with Crippen molar-refractivity contribution in [2.24, 2.45) is 0 Å². The van der Waals surface area contributed by atoms with E-state index in [-0.39, 0.29) is 18.3 Å². The van der Waals surface area contributed by atoms with Crippen molar-refractivity contribution in [3.05, 3.63) is 65.7 Å². The molecule has 1 amide bonds. The van der Waals surface area contributed by atoms with Gasteiger partial charge in [0.2, 0.25) is 0 Å². The molecule has 0 radical (unpaired) electrons. The van der Waals surface area contributed by atoms with Crippen LogP contribution in [-0.4, -0.2) is 28.7 Å². The topological polar surface area (TPSA) is 56.1 Å². The van der Waals surface area contributed by atoms with E-state index in [2.05, 4.69) is 14.9 Å². The highest BCUT2D eigenvalue weighted by Crippen LogP contribution is 2.16. The van der Waals surface area contributed by atoms with Gasteiger partial charge in [0.1, 0.15) is 11.6 Å². The molecule has 1 N–H and O–H groups in total. The van der Waals surface area contributed by atoms with Crippen molar-refractivity contribution in [1.29, 1.82) is 0 Å². The third kappa shape index (κ3) is 4.03. The normalized spacial score (nSPS) is 11.0. The Labute approximate surface area is 145 Å². The third-order valence-corrected chi connectivity index (χ3v) is 3.91. The van der Waals surface area contributed by atoms with Crippen LogP contribution in [0.3, 0.4) is 0 Å². The molecule has 0 saturated carbocycles. The molecule has 130 valence electrons. The fraction of sp³-hybridized carbons (Fsp3) is 0.263. The Kier molecular flexibility index (Phi) is 5.40. The molecule has 5 nitrogen and oxygen atoms in total. The second-order valence-corrected chi connectivity index (χ2v) is 5.55. The predicted molar refractivity (Wildman–Crippen MR) is 93.8 cm³/mol. The van der Waals surface area contributed by atoms with E-state index < -0.39 is 0 Å². The minimum absolute atomic E-state index is 0.261. The Bertz CT molecular complexity index is 859. The van der Waals surface area contributed by atoms with Gasteiger partial charge in [-0.3, -0.25) is 4.79 Å². The molecule has 25 heavy (non-hydrogen) atoms. The number of imidazole rings is 1. The Morgan fingerprint density at radius 1 is 1.20 bits per heavy atom. The highest BCUT2D eigenvalue weighted by atomic mass is 19.1. The summed E-state index contributed by atoms with van der Waals surface area (Å²) < 4.78 is 20.5. The predicted octanol–water partition coefficient (Wildman–Crippen LogP) is 3.14. The lowest BCUT2D eigenvalue weighted by Gasteiger charge is -2.10. The second kappa shape index (κ2) is 7.90. The molecule has 0 atom stereocenters. The molecule has 0 aliphatic carbocycles. The van der Waals surface area contributed by atoms with Crippen molar-refractivity contribution in [3.63, 3.8) is 0 Å². The number of hydrogen-bond donors (Lipinski definition) is 1. The van der Waals surface area contributed by atoms with E-state index in [0.29, 0.717) is 25.3 Å². The van der Waals surface area contributed by atoms with Gasteiger partial charge in [-0.15, -0.1) is 0 Å². The first kappa shape index (κ1) is 17.1. The monoisotopic (exact) mass is 341 g/mol. The van der Waals surface area contributed by atoms with Crippen LogP contribution in [0.15, 0.2) is 48.5 Å². The maximum Gasteiger partial charge on any atom is 0.251 e. The van der Waals surface area contributed by atoms with Crippen LogP contribution in [0.1, 0.15) is 23.1 Å². The number of nitrogens with one attached hydrogen (secondary N) is 1. The summed E-state index contributed by atoms with van der Waals surface area (Å²) in [4.78, 5) is 16.8. The molecule has 3 aromatic rings. The fourth-order valence-corrected chi connectivity index (χ4v) is 2.67. The fourth-order valence-electron chi connectivity index (χ4n) is 2.67. The van der Waals surface area contributed by atoms with Gasteiger partial charge in [0, 0.05) is 18.7 Å². The van der Waals surface area contributed by atoms with Gasteiger partial charge in [0.05, 0.1) is 24.2 Å². The van der Waals surface area contributed by atoms with Gasteiger partial charge in [-0.1, -0.05) is 12.1 Å². The van der Waals surface area contributed by atoms with Gasteiger partial charge in [0.25, 0.3) is 5.91 Å². The summed E-state index contributed by atoms with van der Waals surface area (Å²) in [5, 5.41) is 2.84. The summed E-state index contributed by atoms with van der Waals surface area (Å²) in [5.41, 5.74) is 2.30. The SMILES string of the molecule is CCOCCn1c(CNC(=O)c2ccc(F)cc2)nc2ccccc21. The summed E-state index contributed by atoms with van der Waals surface area (Å²) in [6, 6.07) is 13.3. The minimum atomic E-state index is -0.366. The highest BCUT2D eigenvalue weighted by Gasteiger charge is 2.12. The Hall–Kier alpha value is -2.73. The van der Waals surface area contributed by atoms with E-state index in [1.165, 1.54) is 24.3 Å². The number of carbonyl (C=O) groups is 1. The molecule has 0 aliphatic heterocycles. The van der Waals surface area contributed by atoms with Crippen molar-refractivity contribution in [3.8, 4) is 0 Å². The largest absolute Gasteiger partial charge is 0.380 e. The van der Waals surface area contributed by atoms with Gasteiger partial charge in [-0.05, 0) is 43.3 Å². The highest BCUT2D eigenvalue weighted by molar-refractivity contribution is 5.94.